The van der Waals surface area contributed by atoms with Crippen LogP contribution >= 0.6 is 0 Å². The van der Waals surface area contributed by atoms with Crippen LogP contribution in [0.5, 0.6) is 0 Å². The van der Waals surface area contributed by atoms with Crippen LogP contribution in [0, 0.1) is 17.7 Å². The van der Waals surface area contributed by atoms with Crippen LogP contribution in [0.4, 0.5) is 4.39 Å². The molecule has 1 amide bonds. The van der Waals surface area contributed by atoms with E-state index in [-0.39, 0.29) is 23.7 Å². The average molecular weight is 366 g/mol. The lowest BCUT2D eigenvalue weighted by Gasteiger charge is -2.33. The van der Waals surface area contributed by atoms with Crippen LogP contribution in [0.15, 0.2) is 54.9 Å². The molecule has 3 aromatic rings. The van der Waals surface area contributed by atoms with Crippen LogP contribution in [-0.2, 0) is 11.3 Å². The minimum atomic E-state index is -0.286. The van der Waals surface area contributed by atoms with Gasteiger partial charge < -0.3 is 15.2 Å². The van der Waals surface area contributed by atoms with Crippen molar-refractivity contribution in [1.29, 1.82) is 0 Å². The van der Waals surface area contributed by atoms with E-state index in [1.165, 1.54) is 12.1 Å². The van der Waals surface area contributed by atoms with Crippen molar-refractivity contribution in [3.05, 3.63) is 66.2 Å². The summed E-state index contributed by atoms with van der Waals surface area (Å²) in [5.41, 5.74) is 2.80. The zero-order chi connectivity index (χ0) is 18.8. The molecule has 2 aromatic carbocycles. The third-order valence-electron chi connectivity index (χ3n) is 5.43. The van der Waals surface area contributed by atoms with E-state index in [4.69, 9.17) is 0 Å². The minimum absolute atomic E-state index is 0.0280. The Morgan fingerprint density at radius 3 is 2.70 bits per heavy atom. The van der Waals surface area contributed by atoms with Crippen LogP contribution in [0.25, 0.3) is 11.0 Å². The van der Waals surface area contributed by atoms with Gasteiger partial charge in [0, 0.05) is 12.5 Å². The first-order valence-electron chi connectivity index (χ1n) is 9.28. The standard InChI is InChI=1S/C21H23FN4O/c1-14(16-10-23-11-16)21(27)25-19(15-6-8-17(22)9-7-15)12-26-13-24-18-4-2-3-5-20(18)26/h2-9,13-14,16,19,23H,10-12H2,1H3,(H,25,27). The molecule has 2 atom stereocenters. The van der Waals surface area contributed by atoms with Gasteiger partial charge in [0.1, 0.15) is 5.82 Å². The molecule has 1 aliphatic heterocycles. The largest absolute Gasteiger partial charge is 0.347 e. The summed E-state index contributed by atoms with van der Waals surface area (Å²) in [6.07, 6.45) is 1.78. The monoisotopic (exact) mass is 366 g/mol. The Hall–Kier alpha value is -2.73. The molecule has 5 nitrogen and oxygen atoms in total. The third-order valence-corrected chi connectivity index (χ3v) is 5.43. The van der Waals surface area contributed by atoms with Gasteiger partial charge >= 0.3 is 0 Å². The predicted octanol–water partition coefficient (Wildman–Crippen LogP) is 2.89. The highest BCUT2D eigenvalue weighted by molar-refractivity contribution is 5.79. The van der Waals surface area contributed by atoms with Gasteiger partial charge in [0.15, 0.2) is 0 Å². The van der Waals surface area contributed by atoms with Gasteiger partial charge in [-0.3, -0.25) is 4.79 Å². The number of amides is 1. The van der Waals surface area contributed by atoms with Crippen molar-refractivity contribution in [3.8, 4) is 0 Å². The van der Waals surface area contributed by atoms with Crippen molar-refractivity contribution in [2.75, 3.05) is 13.1 Å². The van der Waals surface area contributed by atoms with Crippen LogP contribution in [0.1, 0.15) is 18.5 Å². The normalized spacial score (nSPS) is 16.7. The number of hydrogen-bond donors (Lipinski definition) is 2. The molecule has 140 valence electrons. The summed E-state index contributed by atoms with van der Waals surface area (Å²) in [4.78, 5) is 17.2. The Labute approximate surface area is 157 Å². The molecular formula is C21H23FN4O. The van der Waals surface area contributed by atoms with Gasteiger partial charge in [-0.1, -0.05) is 31.2 Å². The maximum Gasteiger partial charge on any atom is 0.223 e. The van der Waals surface area contributed by atoms with Crippen molar-refractivity contribution in [2.24, 2.45) is 11.8 Å². The Balaban J connectivity index is 1.59. The zero-order valence-electron chi connectivity index (χ0n) is 15.2. The second-order valence-electron chi connectivity index (χ2n) is 7.21. The van der Waals surface area contributed by atoms with Crippen molar-refractivity contribution in [3.63, 3.8) is 0 Å². The average Bonchev–Trinajstić information content (AvgIpc) is 3.03. The molecule has 1 fully saturated rings. The van der Waals surface area contributed by atoms with Gasteiger partial charge in [0.25, 0.3) is 0 Å². The van der Waals surface area contributed by atoms with E-state index < -0.39 is 0 Å². The maximum atomic E-state index is 13.4. The molecule has 0 bridgehead atoms. The number of nitrogens with one attached hydrogen (secondary N) is 2. The summed E-state index contributed by atoms with van der Waals surface area (Å²) in [6, 6.07) is 14.0. The van der Waals surface area contributed by atoms with Gasteiger partial charge in [0.05, 0.1) is 23.4 Å². The fourth-order valence-electron chi connectivity index (χ4n) is 3.46. The second kappa shape index (κ2) is 7.48. The first-order chi connectivity index (χ1) is 13.1. The number of carbonyl (C=O) groups is 1. The van der Waals surface area contributed by atoms with E-state index in [2.05, 4.69) is 15.6 Å². The molecule has 0 aliphatic carbocycles. The van der Waals surface area contributed by atoms with Crippen LogP contribution in [-0.4, -0.2) is 28.5 Å². The number of rotatable bonds is 6. The maximum absolute atomic E-state index is 13.4. The number of fused-ring (bicyclic) bond motifs is 1. The molecule has 0 saturated carbocycles. The van der Waals surface area contributed by atoms with E-state index in [1.807, 2.05) is 35.8 Å². The lowest BCUT2D eigenvalue weighted by atomic mass is 9.88. The number of benzene rings is 2. The molecular weight excluding hydrogens is 343 g/mol. The molecule has 1 saturated heterocycles. The van der Waals surface area contributed by atoms with Crippen molar-refractivity contribution in [2.45, 2.75) is 19.5 Å². The summed E-state index contributed by atoms with van der Waals surface area (Å²) >= 11 is 0. The first kappa shape index (κ1) is 17.7. The Morgan fingerprint density at radius 2 is 2.00 bits per heavy atom. The topological polar surface area (TPSA) is 59.0 Å². The number of hydrogen-bond acceptors (Lipinski definition) is 3. The molecule has 4 rings (SSSR count). The molecule has 1 aliphatic rings. The molecule has 27 heavy (non-hydrogen) atoms. The van der Waals surface area contributed by atoms with E-state index >= 15 is 0 Å². The number of para-hydroxylation sites is 2. The van der Waals surface area contributed by atoms with Crippen molar-refractivity contribution in [1.82, 2.24) is 20.2 Å². The smallest absolute Gasteiger partial charge is 0.223 e. The number of imidazole rings is 1. The van der Waals surface area contributed by atoms with Crippen LogP contribution < -0.4 is 10.6 Å². The number of carbonyl (C=O) groups excluding carboxylic acids is 1. The Bertz CT molecular complexity index is 933. The Kier molecular flexibility index (Phi) is 4.90. The van der Waals surface area contributed by atoms with Crippen molar-refractivity contribution < 1.29 is 9.18 Å². The first-order valence-corrected chi connectivity index (χ1v) is 9.28. The number of nitrogens with zero attached hydrogens (tertiary/aromatic N) is 2. The minimum Gasteiger partial charge on any atom is -0.347 e. The molecule has 6 heteroatoms. The third kappa shape index (κ3) is 3.71. The lowest BCUT2D eigenvalue weighted by molar-refractivity contribution is -0.127. The summed E-state index contributed by atoms with van der Waals surface area (Å²) in [5.74, 6) is 0.0488. The van der Waals surface area contributed by atoms with Gasteiger partial charge in [-0.2, -0.15) is 0 Å². The fourth-order valence-corrected chi connectivity index (χ4v) is 3.46. The Morgan fingerprint density at radius 1 is 1.26 bits per heavy atom. The van der Waals surface area contributed by atoms with E-state index in [0.29, 0.717) is 12.5 Å². The molecule has 1 aromatic heterocycles. The molecule has 2 unspecified atom stereocenters. The zero-order valence-corrected chi connectivity index (χ0v) is 15.2. The summed E-state index contributed by atoms with van der Waals surface area (Å²) in [7, 11) is 0. The molecule has 0 spiro atoms. The van der Waals surface area contributed by atoms with Gasteiger partial charge in [-0.25, -0.2) is 9.37 Å². The highest BCUT2D eigenvalue weighted by atomic mass is 19.1. The van der Waals surface area contributed by atoms with E-state index in [0.717, 1.165) is 29.7 Å². The quantitative estimate of drug-likeness (QED) is 0.705. The lowest BCUT2D eigenvalue weighted by Crippen LogP contribution is -2.50. The number of halogens is 1. The highest BCUT2D eigenvalue weighted by Gasteiger charge is 2.30. The molecule has 2 heterocycles. The SMILES string of the molecule is CC(C(=O)NC(Cn1cnc2ccccc21)c1ccc(F)cc1)C1CNC1. The predicted molar refractivity (Wildman–Crippen MR) is 103 cm³/mol. The number of aromatic nitrogens is 2. The van der Waals surface area contributed by atoms with Gasteiger partial charge in [0.2, 0.25) is 5.91 Å². The van der Waals surface area contributed by atoms with Crippen molar-refractivity contribution >= 4 is 16.9 Å². The van der Waals surface area contributed by atoms with E-state index in [1.54, 1.807) is 18.5 Å². The van der Waals surface area contributed by atoms with Crippen LogP contribution in [0.3, 0.4) is 0 Å². The highest BCUT2D eigenvalue weighted by Crippen LogP contribution is 2.22. The summed E-state index contributed by atoms with van der Waals surface area (Å²) < 4.78 is 15.4. The van der Waals surface area contributed by atoms with Crippen LogP contribution in [0.2, 0.25) is 0 Å². The second-order valence-corrected chi connectivity index (χ2v) is 7.21. The molecule has 0 radical (unpaired) electrons. The van der Waals surface area contributed by atoms with Gasteiger partial charge in [-0.15, -0.1) is 0 Å². The molecule has 2 N–H and O–H groups in total. The summed E-state index contributed by atoms with van der Waals surface area (Å²) in [6.45, 7) is 4.26. The van der Waals surface area contributed by atoms with Gasteiger partial charge in [-0.05, 0) is 48.8 Å². The van der Waals surface area contributed by atoms with E-state index in [9.17, 15) is 9.18 Å². The fraction of sp³-hybridized carbons (Fsp3) is 0.333. The summed E-state index contributed by atoms with van der Waals surface area (Å²) in [5, 5.41) is 6.38.